The van der Waals surface area contributed by atoms with Crippen molar-refractivity contribution in [2.75, 3.05) is 38.0 Å². The lowest BCUT2D eigenvalue weighted by molar-refractivity contribution is -0.0616. The summed E-state index contributed by atoms with van der Waals surface area (Å²) >= 11 is 0. The van der Waals surface area contributed by atoms with Gasteiger partial charge in [0.2, 0.25) is 15.7 Å². The molecule has 1 aromatic carbocycles. The molecular weight excluding hydrogens is 408 g/mol. The van der Waals surface area contributed by atoms with E-state index in [1.165, 1.54) is 11.0 Å². The third kappa shape index (κ3) is 5.51. The number of alkyl halides is 2. The van der Waals surface area contributed by atoms with Gasteiger partial charge in [-0.25, -0.2) is 22.2 Å². The Balaban J connectivity index is 1.83. The van der Waals surface area contributed by atoms with Crippen molar-refractivity contribution >= 4 is 15.7 Å². The topological polar surface area (TPSA) is 90.9 Å². The highest BCUT2D eigenvalue weighted by Crippen LogP contribution is 2.24. The molecule has 29 heavy (non-hydrogen) atoms. The molecule has 0 aliphatic carbocycles. The first-order valence-electron chi connectivity index (χ1n) is 8.76. The van der Waals surface area contributed by atoms with Crippen LogP contribution in [0.25, 0.3) is 0 Å². The van der Waals surface area contributed by atoms with Gasteiger partial charge in [0.1, 0.15) is 24.3 Å². The summed E-state index contributed by atoms with van der Waals surface area (Å²) in [5.41, 5.74) is 0.816. The van der Waals surface area contributed by atoms with Gasteiger partial charge in [-0.1, -0.05) is 12.1 Å². The van der Waals surface area contributed by atoms with Gasteiger partial charge < -0.3 is 19.1 Å². The Bertz CT molecular complexity index is 941. The minimum absolute atomic E-state index is 0.0336. The minimum Gasteiger partial charge on any atom is -0.497 e. The molecule has 1 fully saturated rings. The molecule has 1 saturated heterocycles. The molecule has 0 saturated carbocycles. The first-order chi connectivity index (χ1) is 13.8. The summed E-state index contributed by atoms with van der Waals surface area (Å²) in [7, 11) is -2.17. The van der Waals surface area contributed by atoms with Crippen LogP contribution in [0, 0.1) is 0 Å². The van der Waals surface area contributed by atoms with Crippen LogP contribution < -0.4 is 14.4 Å². The van der Waals surface area contributed by atoms with E-state index in [1.54, 1.807) is 31.4 Å². The third-order valence-electron chi connectivity index (χ3n) is 4.24. The van der Waals surface area contributed by atoms with Crippen molar-refractivity contribution in [3.8, 4) is 11.6 Å². The van der Waals surface area contributed by atoms with Crippen LogP contribution in [0.5, 0.6) is 11.6 Å². The van der Waals surface area contributed by atoms with Gasteiger partial charge in [0.25, 0.3) is 11.6 Å². The fraction of sp³-hybridized carbons (Fsp3) is 0.444. The summed E-state index contributed by atoms with van der Waals surface area (Å²) < 4.78 is 65.8. The Hall–Kier alpha value is -2.53. The maximum absolute atomic E-state index is 13.0. The average molecular weight is 429 g/mol. The van der Waals surface area contributed by atoms with Gasteiger partial charge in [-0.2, -0.15) is 4.98 Å². The van der Waals surface area contributed by atoms with Crippen LogP contribution in [0.3, 0.4) is 0 Å². The Labute approximate surface area is 167 Å². The molecule has 0 radical (unpaired) electrons. The second kappa shape index (κ2) is 8.87. The molecule has 1 aromatic heterocycles. The van der Waals surface area contributed by atoms with Gasteiger partial charge >= 0.3 is 0 Å². The fourth-order valence-electron chi connectivity index (χ4n) is 2.71. The standard InChI is InChI=1S/C18H21F2N3O5S/c1-26-13-5-3-12(4-6-13)11-28-16-9-15(21-18(22-16)29(2,24)25)23-7-8-27-14(10-23)17(19)20/h3-6,9,14,17H,7-8,10-11H2,1-2H3. The predicted octanol–water partition coefficient (Wildman–Crippen LogP) is 1.94. The van der Waals surface area contributed by atoms with E-state index in [2.05, 4.69) is 9.97 Å². The van der Waals surface area contributed by atoms with E-state index in [1.807, 2.05) is 0 Å². The van der Waals surface area contributed by atoms with Crippen LogP contribution in [-0.2, 0) is 21.2 Å². The lowest BCUT2D eigenvalue weighted by Gasteiger charge is -2.33. The molecule has 1 aliphatic heterocycles. The van der Waals surface area contributed by atoms with Gasteiger partial charge in [0, 0.05) is 18.9 Å². The fourth-order valence-corrected chi connectivity index (χ4v) is 3.22. The molecule has 0 N–H and O–H groups in total. The van der Waals surface area contributed by atoms with Crippen molar-refractivity contribution < 1.29 is 31.4 Å². The van der Waals surface area contributed by atoms with Crippen LogP contribution in [0.1, 0.15) is 5.56 Å². The first-order valence-corrected chi connectivity index (χ1v) is 10.6. The zero-order valence-corrected chi connectivity index (χ0v) is 16.7. The average Bonchev–Trinajstić information content (AvgIpc) is 2.72. The third-order valence-corrected chi connectivity index (χ3v) is 5.09. The number of rotatable bonds is 7. The van der Waals surface area contributed by atoms with Crippen molar-refractivity contribution in [1.82, 2.24) is 9.97 Å². The highest BCUT2D eigenvalue weighted by Gasteiger charge is 2.29. The number of morpholine rings is 1. The predicted molar refractivity (Wildman–Crippen MR) is 100 cm³/mol. The van der Waals surface area contributed by atoms with E-state index >= 15 is 0 Å². The molecule has 1 atom stereocenters. The lowest BCUT2D eigenvalue weighted by Crippen LogP contribution is -2.46. The first kappa shape index (κ1) is 21.2. The summed E-state index contributed by atoms with van der Waals surface area (Å²) in [6.07, 6.45) is -2.95. The normalized spacial score (nSPS) is 17.4. The molecule has 0 bridgehead atoms. The van der Waals surface area contributed by atoms with E-state index in [9.17, 15) is 17.2 Å². The van der Waals surface area contributed by atoms with Gasteiger partial charge in [-0.15, -0.1) is 0 Å². The summed E-state index contributed by atoms with van der Waals surface area (Å²) in [4.78, 5) is 9.52. The van der Waals surface area contributed by atoms with Gasteiger partial charge in [0.15, 0.2) is 0 Å². The number of aromatic nitrogens is 2. The maximum Gasteiger partial charge on any atom is 0.266 e. The number of sulfone groups is 1. The van der Waals surface area contributed by atoms with Crippen LogP contribution in [-0.4, -0.2) is 64.0 Å². The monoisotopic (exact) mass is 429 g/mol. The van der Waals surface area contributed by atoms with Crippen LogP contribution in [0.2, 0.25) is 0 Å². The highest BCUT2D eigenvalue weighted by molar-refractivity contribution is 7.90. The number of ether oxygens (including phenoxy) is 3. The number of methoxy groups -OCH3 is 1. The summed E-state index contributed by atoms with van der Waals surface area (Å²) in [5.74, 6) is 0.920. The van der Waals surface area contributed by atoms with Crippen molar-refractivity contribution in [1.29, 1.82) is 0 Å². The largest absolute Gasteiger partial charge is 0.497 e. The van der Waals surface area contributed by atoms with Crippen molar-refractivity contribution in [3.05, 3.63) is 35.9 Å². The number of hydrogen-bond donors (Lipinski definition) is 0. The van der Waals surface area contributed by atoms with E-state index < -0.39 is 27.5 Å². The Morgan fingerprint density at radius 3 is 2.62 bits per heavy atom. The van der Waals surface area contributed by atoms with Crippen molar-refractivity contribution in [2.24, 2.45) is 0 Å². The molecule has 1 unspecified atom stereocenters. The Morgan fingerprint density at radius 1 is 1.28 bits per heavy atom. The summed E-state index contributed by atoms with van der Waals surface area (Å²) in [5, 5.41) is -0.431. The van der Waals surface area contributed by atoms with E-state index in [-0.39, 0.29) is 31.5 Å². The number of anilines is 1. The summed E-state index contributed by atoms with van der Waals surface area (Å²) in [6, 6.07) is 8.57. The van der Waals surface area contributed by atoms with Crippen LogP contribution in [0.4, 0.5) is 14.6 Å². The lowest BCUT2D eigenvalue weighted by atomic mass is 10.2. The smallest absolute Gasteiger partial charge is 0.266 e. The summed E-state index contributed by atoms with van der Waals surface area (Å²) in [6.45, 7) is 0.388. The molecule has 158 valence electrons. The molecule has 11 heteroatoms. The number of hydrogen-bond acceptors (Lipinski definition) is 8. The number of benzene rings is 1. The molecule has 2 aromatic rings. The van der Waals surface area contributed by atoms with Gasteiger partial charge in [-0.3, -0.25) is 0 Å². The zero-order valence-electron chi connectivity index (χ0n) is 15.9. The number of nitrogens with zero attached hydrogens (tertiary/aromatic N) is 3. The highest BCUT2D eigenvalue weighted by atomic mass is 32.2. The molecule has 1 aliphatic rings. The molecule has 3 rings (SSSR count). The van der Waals surface area contributed by atoms with Gasteiger partial charge in [0.05, 0.1) is 20.3 Å². The van der Waals surface area contributed by atoms with E-state index in [0.29, 0.717) is 12.3 Å². The second-order valence-corrected chi connectivity index (χ2v) is 8.36. The number of halogens is 2. The molecule has 0 amide bonds. The van der Waals surface area contributed by atoms with Crippen LogP contribution in [0.15, 0.2) is 35.5 Å². The Kier molecular flexibility index (Phi) is 6.48. The SMILES string of the molecule is COc1ccc(COc2cc(N3CCOC(C(F)F)C3)nc(S(C)(=O)=O)n2)cc1. The minimum atomic E-state index is -3.73. The van der Waals surface area contributed by atoms with E-state index in [0.717, 1.165) is 11.8 Å². The Morgan fingerprint density at radius 2 is 2.00 bits per heavy atom. The van der Waals surface area contributed by atoms with Gasteiger partial charge in [-0.05, 0) is 17.7 Å². The maximum atomic E-state index is 13.0. The molecule has 0 spiro atoms. The quantitative estimate of drug-likeness (QED) is 0.617. The van der Waals surface area contributed by atoms with Crippen molar-refractivity contribution in [2.45, 2.75) is 24.3 Å². The van der Waals surface area contributed by atoms with Crippen LogP contribution >= 0.6 is 0 Å². The second-order valence-electron chi connectivity index (χ2n) is 6.45. The molecule has 8 nitrogen and oxygen atoms in total. The zero-order chi connectivity index (χ0) is 21.0. The van der Waals surface area contributed by atoms with E-state index in [4.69, 9.17) is 14.2 Å². The molecular formula is C18H21F2N3O5S. The van der Waals surface area contributed by atoms with Crippen molar-refractivity contribution in [3.63, 3.8) is 0 Å². The molecule has 2 heterocycles.